The number of nitrogens with zero attached hydrogens (tertiary/aromatic N) is 2. The average molecular weight is 361 g/mol. The van der Waals surface area contributed by atoms with Gasteiger partial charge in [-0.3, -0.25) is 4.79 Å². The summed E-state index contributed by atoms with van der Waals surface area (Å²) in [6.07, 6.45) is 1.56. The van der Waals surface area contributed by atoms with Gasteiger partial charge < -0.3 is 11.1 Å². The third-order valence-corrected chi connectivity index (χ3v) is 5.36. The summed E-state index contributed by atoms with van der Waals surface area (Å²) >= 11 is 3.10. The Kier molecular flexibility index (Phi) is 6.61. The quantitative estimate of drug-likeness (QED) is 0.632. The maximum Gasteiger partial charge on any atom is 0.230 e. The van der Waals surface area contributed by atoms with Crippen LogP contribution in [0.5, 0.6) is 0 Å². The SMILES string of the molecule is Cc1sc2ncnc(SCC(=O)NC(C)(C)CN)c2c1C.Cl. The Hall–Kier alpha value is -0.890. The van der Waals surface area contributed by atoms with Gasteiger partial charge in [-0.1, -0.05) is 11.8 Å². The van der Waals surface area contributed by atoms with Gasteiger partial charge in [0.1, 0.15) is 16.2 Å². The number of hydrogen-bond donors (Lipinski definition) is 2. The molecule has 0 saturated carbocycles. The molecule has 0 aromatic carbocycles. The molecule has 0 spiro atoms. The minimum Gasteiger partial charge on any atom is -0.349 e. The van der Waals surface area contributed by atoms with Gasteiger partial charge >= 0.3 is 0 Å². The molecule has 0 aliphatic rings. The van der Waals surface area contributed by atoms with Crippen molar-refractivity contribution < 1.29 is 4.79 Å². The second-order valence-corrected chi connectivity index (χ2v) is 7.73. The number of thiophene rings is 1. The monoisotopic (exact) mass is 360 g/mol. The van der Waals surface area contributed by atoms with Crippen molar-refractivity contribution in [3.63, 3.8) is 0 Å². The molecule has 0 radical (unpaired) electrons. The summed E-state index contributed by atoms with van der Waals surface area (Å²) in [5.41, 5.74) is 6.43. The zero-order valence-electron chi connectivity index (χ0n) is 13.1. The van der Waals surface area contributed by atoms with Crippen molar-refractivity contribution in [2.75, 3.05) is 12.3 Å². The highest BCUT2D eigenvalue weighted by molar-refractivity contribution is 8.00. The van der Waals surface area contributed by atoms with Crippen LogP contribution in [0.15, 0.2) is 11.4 Å². The number of thioether (sulfide) groups is 1. The van der Waals surface area contributed by atoms with Crippen LogP contribution in [0, 0.1) is 13.8 Å². The van der Waals surface area contributed by atoms with Crippen molar-refractivity contribution in [3.05, 3.63) is 16.8 Å². The maximum absolute atomic E-state index is 12.0. The molecule has 22 heavy (non-hydrogen) atoms. The van der Waals surface area contributed by atoms with E-state index in [1.807, 2.05) is 13.8 Å². The number of aromatic nitrogens is 2. The number of halogens is 1. The molecular weight excluding hydrogens is 340 g/mol. The molecule has 122 valence electrons. The fraction of sp³-hybridized carbons (Fsp3) is 0.500. The summed E-state index contributed by atoms with van der Waals surface area (Å²) in [6, 6.07) is 0. The van der Waals surface area contributed by atoms with E-state index in [0.29, 0.717) is 12.3 Å². The Morgan fingerprint density at radius 2 is 2.09 bits per heavy atom. The van der Waals surface area contributed by atoms with E-state index < -0.39 is 0 Å². The van der Waals surface area contributed by atoms with Gasteiger partial charge in [-0.15, -0.1) is 23.7 Å². The van der Waals surface area contributed by atoms with Crippen LogP contribution in [0.4, 0.5) is 0 Å². The average Bonchev–Trinajstić information content (AvgIpc) is 2.72. The summed E-state index contributed by atoms with van der Waals surface area (Å²) in [6.45, 7) is 8.37. The second-order valence-electron chi connectivity index (χ2n) is 5.57. The van der Waals surface area contributed by atoms with E-state index in [1.54, 1.807) is 17.7 Å². The summed E-state index contributed by atoms with van der Waals surface area (Å²) in [5.74, 6) is 0.288. The highest BCUT2D eigenvalue weighted by Gasteiger charge is 2.19. The molecule has 8 heteroatoms. The van der Waals surface area contributed by atoms with E-state index in [9.17, 15) is 4.79 Å². The number of amides is 1. The van der Waals surface area contributed by atoms with Crippen molar-refractivity contribution in [2.45, 2.75) is 38.3 Å². The number of hydrogen-bond acceptors (Lipinski definition) is 6. The third-order valence-electron chi connectivity index (χ3n) is 3.26. The summed E-state index contributed by atoms with van der Waals surface area (Å²) in [4.78, 5) is 22.8. The first-order valence-corrected chi connectivity index (χ1v) is 8.49. The van der Waals surface area contributed by atoms with Gasteiger partial charge in [0.25, 0.3) is 0 Å². The van der Waals surface area contributed by atoms with Crippen LogP contribution < -0.4 is 11.1 Å². The standard InChI is InChI=1S/C14H20N4OS2.ClH/c1-8-9(2)21-13-11(8)12(16-7-17-13)20-5-10(19)18-14(3,4)6-15;/h7H,5-6,15H2,1-4H3,(H,18,19);1H. The fourth-order valence-electron chi connectivity index (χ4n) is 1.86. The van der Waals surface area contributed by atoms with E-state index in [2.05, 4.69) is 29.1 Å². The Balaban J connectivity index is 0.00000242. The molecule has 2 aromatic heterocycles. The molecular formula is C14H21ClN4OS2. The Bertz CT molecular complexity index is 672. The Morgan fingerprint density at radius 1 is 1.41 bits per heavy atom. The number of rotatable bonds is 5. The predicted octanol–water partition coefficient (Wildman–Crippen LogP) is 2.68. The molecule has 0 aliphatic carbocycles. The van der Waals surface area contributed by atoms with Gasteiger partial charge in [-0.25, -0.2) is 9.97 Å². The van der Waals surface area contributed by atoms with Crippen molar-refractivity contribution in [1.82, 2.24) is 15.3 Å². The molecule has 0 aliphatic heterocycles. The van der Waals surface area contributed by atoms with Crippen LogP contribution in [0.3, 0.4) is 0 Å². The Morgan fingerprint density at radius 3 is 2.73 bits per heavy atom. The predicted molar refractivity (Wildman–Crippen MR) is 96.1 cm³/mol. The first-order valence-electron chi connectivity index (χ1n) is 6.68. The van der Waals surface area contributed by atoms with Crippen LogP contribution in [0.1, 0.15) is 24.3 Å². The summed E-state index contributed by atoms with van der Waals surface area (Å²) < 4.78 is 0. The molecule has 0 atom stereocenters. The molecule has 5 nitrogen and oxygen atoms in total. The Labute approximate surface area is 144 Å². The molecule has 2 heterocycles. The van der Waals surface area contributed by atoms with E-state index >= 15 is 0 Å². The number of nitrogens with one attached hydrogen (secondary N) is 1. The van der Waals surface area contributed by atoms with Gasteiger partial charge in [0, 0.05) is 22.3 Å². The summed E-state index contributed by atoms with van der Waals surface area (Å²) in [7, 11) is 0. The minimum absolute atomic E-state index is 0. The molecule has 0 unspecified atom stereocenters. The smallest absolute Gasteiger partial charge is 0.230 e. The second kappa shape index (κ2) is 7.59. The van der Waals surface area contributed by atoms with E-state index in [1.165, 1.54) is 22.2 Å². The van der Waals surface area contributed by atoms with Crippen LogP contribution in [0.25, 0.3) is 10.2 Å². The van der Waals surface area contributed by atoms with Gasteiger partial charge in [0.15, 0.2) is 0 Å². The molecule has 2 aromatic rings. The number of fused-ring (bicyclic) bond motifs is 1. The lowest BCUT2D eigenvalue weighted by molar-refractivity contribution is -0.120. The van der Waals surface area contributed by atoms with Crippen molar-refractivity contribution >= 4 is 51.6 Å². The molecule has 0 fully saturated rings. The fourth-order valence-corrected chi connectivity index (χ4v) is 3.78. The van der Waals surface area contributed by atoms with Crippen LogP contribution >= 0.6 is 35.5 Å². The molecule has 3 N–H and O–H groups in total. The van der Waals surface area contributed by atoms with E-state index in [4.69, 9.17) is 5.73 Å². The highest BCUT2D eigenvalue weighted by Crippen LogP contribution is 2.34. The first kappa shape index (κ1) is 19.2. The van der Waals surface area contributed by atoms with E-state index in [0.717, 1.165) is 15.2 Å². The number of nitrogens with two attached hydrogens (primary N) is 1. The van der Waals surface area contributed by atoms with Crippen molar-refractivity contribution in [3.8, 4) is 0 Å². The van der Waals surface area contributed by atoms with Gasteiger partial charge in [-0.2, -0.15) is 0 Å². The van der Waals surface area contributed by atoms with Crippen molar-refractivity contribution in [2.24, 2.45) is 5.73 Å². The molecule has 2 rings (SSSR count). The highest BCUT2D eigenvalue weighted by atomic mass is 35.5. The zero-order valence-corrected chi connectivity index (χ0v) is 15.5. The zero-order chi connectivity index (χ0) is 15.6. The number of carbonyl (C=O) groups excluding carboxylic acids is 1. The van der Waals surface area contributed by atoms with Gasteiger partial charge in [-0.05, 0) is 33.3 Å². The molecule has 1 amide bonds. The molecule has 0 saturated heterocycles. The van der Waals surface area contributed by atoms with Crippen LogP contribution in [-0.4, -0.2) is 33.7 Å². The largest absolute Gasteiger partial charge is 0.349 e. The van der Waals surface area contributed by atoms with Crippen LogP contribution in [-0.2, 0) is 4.79 Å². The summed E-state index contributed by atoms with van der Waals surface area (Å²) in [5, 5.41) is 4.85. The number of aryl methyl sites for hydroxylation is 2. The normalized spacial score (nSPS) is 11.3. The molecule has 0 bridgehead atoms. The lowest BCUT2D eigenvalue weighted by atomic mass is 10.1. The maximum atomic E-state index is 12.0. The third kappa shape index (κ3) is 4.32. The van der Waals surface area contributed by atoms with Gasteiger partial charge in [0.2, 0.25) is 5.91 Å². The lowest BCUT2D eigenvalue weighted by Crippen LogP contribution is -2.49. The lowest BCUT2D eigenvalue weighted by Gasteiger charge is -2.23. The van der Waals surface area contributed by atoms with Crippen LogP contribution in [0.2, 0.25) is 0 Å². The van der Waals surface area contributed by atoms with Gasteiger partial charge in [0.05, 0.1) is 5.75 Å². The van der Waals surface area contributed by atoms with E-state index in [-0.39, 0.29) is 23.9 Å². The van der Waals surface area contributed by atoms with Crippen molar-refractivity contribution in [1.29, 1.82) is 0 Å². The topological polar surface area (TPSA) is 80.9 Å². The number of carbonyl (C=O) groups is 1. The minimum atomic E-state index is -0.381. The first-order chi connectivity index (χ1) is 9.84.